The molecule has 152 valence electrons. The first-order chi connectivity index (χ1) is 13.9. The Morgan fingerprint density at radius 3 is 2.38 bits per heavy atom. The maximum absolute atomic E-state index is 6.50. The second-order valence-electron chi connectivity index (χ2n) is 8.53. The van der Waals surface area contributed by atoms with E-state index in [4.69, 9.17) is 9.47 Å². The molecule has 29 heavy (non-hydrogen) atoms. The molecule has 0 amide bonds. The van der Waals surface area contributed by atoms with Gasteiger partial charge in [-0.25, -0.2) is 0 Å². The third kappa shape index (κ3) is 5.69. The standard InChI is InChI=1S/C26H30O2.W/c1-20-12-17-24(26(2,3)22-10-6-5-7-11-22)25(19-20)28-18-8-9-21-13-15-23(27-4)16-14-21;/h5-7,10-11,13-16,20,24-25H,12,17,19H2,1-4H3;/t20-,24-,25-;/m1./s1. The molecule has 0 radical (unpaired) electrons. The normalized spacial score (nSPS) is 21.7. The molecule has 0 aromatic heterocycles. The van der Waals surface area contributed by atoms with Gasteiger partial charge in [-0.15, -0.1) is 0 Å². The second-order valence-corrected chi connectivity index (χ2v) is 9.87. The van der Waals surface area contributed by atoms with Gasteiger partial charge < -0.3 is 0 Å². The van der Waals surface area contributed by atoms with Crippen molar-refractivity contribution in [2.75, 3.05) is 7.11 Å². The van der Waals surface area contributed by atoms with Crippen LogP contribution in [0.25, 0.3) is 0 Å². The molecule has 1 aliphatic carbocycles. The minimum atomic E-state index is 0.0745. The van der Waals surface area contributed by atoms with Gasteiger partial charge in [-0.2, -0.15) is 0 Å². The van der Waals surface area contributed by atoms with Crippen LogP contribution in [0.5, 0.6) is 5.75 Å². The molecular formula is C26H30O2W. The van der Waals surface area contributed by atoms with Crippen LogP contribution in [0, 0.1) is 23.7 Å². The molecule has 3 rings (SSSR count). The zero-order valence-electron chi connectivity index (χ0n) is 17.8. The summed E-state index contributed by atoms with van der Waals surface area (Å²) in [6, 6.07) is 18.7. The van der Waals surface area contributed by atoms with Crippen LogP contribution < -0.4 is 4.74 Å². The molecule has 0 aliphatic heterocycles. The summed E-state index contributed by atoms with van der Waals surface area (Å²) in [6.07, 6.45) is 3.78. The van der Waals surface area contributed by atoms with E-state index in [-0.39, 0.29) is 11.5 Å². The van der Waals surface area contributed by atoms with Gasteiger partial charge in [0.25, 0.3) is 0 Å². The molecule has 0 spiro atoms. The molecule has 0 heterocycles. The van der Waals surface area contributed by atoms with Crippen molar-refractivity contribution in [3.05, 3.63) is 65.7 Å². The van der Waals surface area contributed by atoms with Crippen LogP contribution in [0.3, 0.4) is 0 Å². The number of rotatable bonds is 5. The zero-order chi connectivity index (χ0) is 20.9. The fourth-order valence-corrected chi connectivity index (χ4v) is 4.96. The molecule has 0 N–H and O–H groups in total. The van der Waals surface area contributed by atoms with Gasteiger partial charge in [0.15, 0.2) is 0 Å². The Labute approximate surface area is 186 Å². The average Bonchev–Trinajstić information content (AvgIpc) is 2.73. The molecule has 1 fully saturated rings. The molecule has 1 saturated carbocycles. The van der Waals surface area contributed by atoms with Crippen LogP contribution in [0.4, 0.5) is 0 Å². The van der Waals surface area contributed by atoms with E-state index >= 15 is 0 Å². The van der Waals surface area contributed by atoms with E-state index in [1.54, 1.807) is 7.11 Å². The molecule has 1 aliphatic rings. The average molecular weight is 558 g/mol. The van der Waals surface area contributed by atoms with Crippen LogP contribution in [-0.4, -0.2) is 17.3 Å². The van der Waals surface area contributed by atoms with Crippen molar-refractivity contribution >= 4 is 4.08 Å². The van der Waals surface area contributed by atoms with Crippen molar-refractivity contribution in [2.45, 2.75) is 51.6 Å². The third-order valence-electron chi connectivity index (χ3n) is 6.16. The van der Waals surface area contributed by atoms with Gasteiger partial charge in [-0.1, -0.05) is 0 Å². The van der Waals surface area contributed by atoms with Crippen LogP contribution >= 0.6 is 0 Å². The Hall–Kier alpha value is -1.68. The number of ether oxygens (including phenoxy) is 2. The molecule has 3 heteroatoms. The van der Waals surface area contributed by atoms with Gasteiger partial charge in [-0.3, -0.25) is 0 Å². The number of methoxy groups -OCH3 is 1. The quantitative estimate of drug-likeness (QED) is 0.450. The summed E-state index contributed by atoms with van der Waals surface area (Å²) in [5, 5.41) is 0. The summed E-state index contributed by atoms with van der Waals surface area (Å²) in [7, 11) is 1.67. The predicted molar refractivity (Wildman–Crippen MR) is 116 cm³/mol. The van der Waals surface area contributed by atoms with Crippen molar-refractivity contribution in [3.63, 3.8) is 0 Å². The second kappa shape index (κ2) is 9.88. The van der Waals surface area contributed by atoms with Gasteiger partial charge in [-0.05, 0) is 0 Å². The molecule has 0 bridgehead atoms. The first-order valence-corrected chi connectivity index (χ1v) is 11.8. The Morgan fingerprint density at radius 2 is 1.72 bits per heavy atom. The summed E-state index contributed by atoms with van der Waals surface area (Å²) >= 11 is 1.29. The van der Waals surface area contributed by atoms with Crippen molar-refractivity contribution in [2.24, 2.45) is 11.8 Å². The van der Waals surface area contributed by atoms with E-state index < -0.39 is 0 Å². The van der Waals surface area contributed by atoms with E-state index in [1.165, 1.54) is 37.8 Å². The summed E-state index contributed by atoms with van der Waals surface area (Å²) in [6.45, 7) is 7.07. The van der Waals surface area contributed by atoms with E-state index in [0.29, 0.717) is 11.8 Å². The predicted octanol–water partition coefficient (Wildman–Crippen LogP) is 5.52. The number of benzene rings is 2. The Morgan fingerprint density at radius 1 is 1.03 bits per heavy atom. The molecule has 2 aromatic carbocycles. The molecule has 0 saturated heterocycles. The van der Waals surface area contributed by atoms with Crippen molar-refractivity contribution < 1.29 is 28.8 Å². The SMILES string of the molecule is COc1ccc(C#C[C](=[W])O[C@@H]2C[C@H](C)CC[C@H]2C(C)(C)c2ccccc2)cc1. The van der Waals surface area contributed by atoms with Gasteiger partial charge >= 0.3 is 187 Å². The van der Waals surface area contributed by atoms with Gasteiger partial charge in [0, 0.05) is 0 Å². The first-order valence-electron chi connectivity index (χ1n) is 10.3. The molecular weight excluding hydrogens is 528 g/mol. The van der Waals surface area contributed by atoms with Gasteiger partial charge in [0.05, 0.1) is 0 Å². The Kier molecular flexibility index (Phi) is 7.50. The summed E-state index contributed by atoms with van der Waals surface area (Å²) in [5.41, 5.74) is 2.44. The Bertz CT molecular complexity index is 874. The minimum absolute atomic E-state index is 0.0745. The van der Waals surface area contributed by atoms with Crippen LogP contribution in [-0.2, 0) is 29.5 Å². The zero-order valence-corrected chi connectivity index (χ0v) is 20.7. The van der Waals surface area contributed by atoms with E-state index in [9.17, 15) is 0 Å². The molecule has 2 nitrogen and oxygen atoms in total. The van der Waals surface area contributed by atoms with Gasteiger partial charge in [0.1, 0.15) is 0 Å². The summed E-state index contributed by atoms with van der Waals surface area (Å²) < 4.78 is 12.6. The Balaban J connectivity index is 1.74. The number of hydrogen-bond acceptors (Lipinski definition) is 2. The van der Waals surface area contributed by atoms with Crippen LogP contribution in [0.15, 0.2) is 54.6 Å². The van der Waals surface area contributed by atoms with Crippen molar-refractivity contribution in [1.29, 1.82) is 0 Å². The molecule has 2 aromatic rings. The monoisotopic (exact) mass is 558 g/mol. The van der Waals surface area contributed by atoms with E-state index in [0.717, 1.165) is 21.8 Å². The molecule has 0 unspecified atom stereocenters. The van der Waals surface area contributed by atoms with Crippen molar-refractivity contribution in [1.82, 2.24) is 0 Å². The molecule has 3 atom stereocenters. The first kappa shape index (κ1) is 22.0. The topological polar surface area (TPSA) is 18.5 Å². The van der Waals surface area contributed by atoms with Crippen molar-refractivity contribution in [3.8, 4) is 17.6 Å². The third-order valence-corrected chi connectivity index (χ3v) is 6.87. The number of hydrogen-bond donors (Lipinski definition) is 0. The fourth-order valence-electron chi connectivity index (χ4n) is 4.33. The van der Waals surface area contributed by atoms with Gasteiger partial charge in [0.2, 0.25) is 0 Å². The summed E-state index contributed by atoms with van der Waals surface area (Å²) in [5.74, 6) is 8.51. The summed E-state index contributed by atoms with van der Waals surface area (Å²) in [4.78, 5) is 0. The van der Waals surface area contributed by atoms with E-state index in [1.807, 2.05) is 24.3 Å². The maximum atomic E-state index is 6.50. The van der Waals surface area contributed by atoms with Crippen LogP contribution in [0.2, 0.25) is 0 Å². The fraction of sp³-hybridized carbons (Fsp3) is 0.423. The van der Waals surface area contributed by atoms with E-state index in [2.05, 4.69) is 62.9 Å². The van der Waals surface area contributed by atoms with Crippen LogP contribution in [0.1, 0.15) is 51.2 Å².